The second-order valence-electron chi connectivity index (χ2n) is 5.58. The number of nitrogens with zero attached hydrogens (tertiary/aromatic N) is 1. The molecule has 0 aliphatic rings. The van der Waals surface area contributed by atoms with Crippen molar-refractivity contribution in [2.45, 2.75) is 45.6 Å². The Bertz CT molecular complexity index is 459. The molecule has 1 atom stereocenters. The second-order valence-corrected chi connectivity index (χ2v) is 5.58. The first-order valence-corrected chi connectivity index (χ1v) is 7.53. The van der Waals surface area contributed by atoms with Gasteiger partial charge in [0.25, 0.3) is 0 Å². The smallest absolute Gasteiger partial charge is 0.304 e. The number of benzene rings is 1. The van der Waals surface area contributed by atoms with Crippen molar-refractivity contribution in [3.63, 3.8) is 0 Å². The van der Waals surface area contributed by atoms with E-state index in [2.05, 4.69) is 11.8 Å². The third-order valence-electron chi connectivity index (χ3n) is 3.90. The molecule has 4 heteroatoms. The Morgan fingerprint density at radius 1 is 1.43 bits per heavy atom. The number of hydrogen-bond donors (Lipinski definition) is 1. The number of unbranched alkanes of at least 4 members (excludes halogenated alkanes) is 1. The summed E-state index contributed by atoms with van der Waals surface area (Å²) in [5.41, 5.74) is 2.33. The highest BCUT2D eigenvalue weighted by Crippen LogP contribution is 2.20. The molecule has 4 nitrogen and oxygen atoms in total. The number of carboxylic acid groups (broad SMARTS) is 1. The zero-order valence-corrected chi connectivity index (χ0v) is 13.6. The lowest BCUT2D eigenvalue weighted by atomic mass is 9.98. The summed E-state index contributed by atoms with van der Waals surface area (Å²) in [5.74, 6) is 0.0971. The van der Waals surface area contributed by atoms with Gasteiger partial charge in [-0.25, -0.2) is 0 Å². The minimum atomic E-state index is -0.741. The number of carbonyl (C=O) groups is 1. The summed E-state index contributed by atoms with van der Waals surface area (Å²) in [6.07, 6.45) is 3.13. The van der Waals surface area contributed by atoms with Crippen molar-refractivity contribution in [2.24, 2.45) is 0 Å². The van der Waals surface area contributed by atoms with Crippen LogP contribution in [0.3, 0.4) is 0 Å². The summed E-state index contributed by atoms with van der Waals surface area (Å²) in [6.45, 7) is 5.12. The van der Waals surface area contributed by atoms with Crippen LogP contribution in [0.25, 0.3) is 0 Å². The van der Waals surface area contributed by atoms with E-state index in [0.29, 0.717) is 0 Å². The highest BCUT2D eigenvalue weighted by atomic mass is 16.5. The monoisotopic (exact) mass is 293 g/mol. The van der Waals surface area contributed by atoms with Crippen molar-refractivity contribution < 1.29 is 14.6 Å². The molecule has 1 aromatic rings. The molecule has 1 aromatic carbocycles. The van der Waals surface area contributed by atoms with Crippen molar-refractivity contribution in [3.8, 4) is 5.75 Å². The molecule has 1 unspecified atom stereocenters. The van der Waals surface area contributed by atoms with E-state index in [4.69, 9.17) is 9.84 Å². The van der Waals surface area contributed by atoms with Gasteiger partial charge in [0.1, 0.15) is 5.75 Å². The molecule has 118 valence electrons. The topological polar surface area (TPSA) is 49.8 Å². The Morgan fingerprint density at radius 3 is 2.67 bits per heavy atom. The van der Waals surface area contributed by atoms with Gasteiger partial charge in [0.15, 0.2) is 0 Å². The van der Waals surface area contributed by atoms with Crippen molar-refractivity contribution >= 4 is 5.97 Å². The lowest BCUT2D eigenvalue weighted by Crippen LogP contribution is -2.36. The van der Waals surface area contributed by atoms with Gasteiger partial charge < -0.3 is 14.7 Å². The van der Waals surface area contributed by atoms with Crippen molar-refractivity contribution in [2.75, 3.05) is 20.7 Å². The van der Waals surface area contributed by atoms with Crippen molar-refractivity contribution in [1.82, 2.24) is 4.90 Å². The van der Waals surface area contributed by atoms with E-state index in [1.54, 1.807) is 7.11 Å². The molecule has 0 heterocycles. The van der Waals surface area contributed by atoms with E-state index in [1.807, 2.05) is 32.2 Å². The van der Waals surface area contributed by atoms with Crippen LogP contribution in [-0.4, -0.2) is 42.7 Å². The Kier molecular flexibility index (Phi) is 7.23. The van der Waals surface area contributed by atoms with Crippen LogP contribution in [0.4, 0.5) is 0 Å². The maximum Gasteiger partial charge on any atom is 0.304 e. The van der Waals surface area contributed by atoms with Gasteiger partial charge in [0.05, 0.1) is 13.5 Å². The summed E-state index contributed by atoms with van der Waals surface area (Å²) in [6, 6.07) is 6.00. The van der Waals surface area contributed by atoms with E-state index in [0.717, 1.165) is 37.1 Å². The van der Waals surface area contributed by atoms with Gasteiger partial charge in [0, 0.05) is 6.04 Å². The summed E-state index contributed by atoms with van der Waals surface area (Å²) in [5, 5.41) is 9.14. The van der Waals surface area contributed by atoms with E-state index >= 15 is 0 Å². The van der Waals surface area contributed by atoms with Crippen LogP contribution in [0.2, 0.25) is 0 Å². The lowest BCUT2D eigenvalue weighted by Gasteiger charge is -2.27. The highest BCUT2D eigenvalue weighted by molar-refractivity contribution is 5.67. The maximum absolute atomic E-state index is 11.1. The second kappa shape index (κ2) is 8.67. The molecule has 1 N–H and O–H groups in total. The first-order chi connectivity index (χ1) is 9.97. The highest BCUT2D eigenvalue weighted by Gasteiger charge is 2.19. The van der Waals surface area contributed by atoms with Crippen LogP contribution < -0.4 is 4.74 Å². The Morgan fingerprint density at radius 2 is 2.14 bits per heavy atom. The third-order valence-corrected chi connectivity index (χ3v) is 3.90. The predicted octanol–water partition coefficient (Wildman–Crippen LogP) is 3.12. The Labute approximate surface area is 127 Å². The average molecular weight is 293 g/mol. The summed E-state index contributed by atoms with van der Waals surface area (Å²) >= 11 is 0. The van der Waals surface area contributed by atoms with Gasteiger partial charge >= 0.3 is 5.97 Å². The number of hydrogen-bond acceptors (Lipinski definition) is 3. The zero-order valence-electron chi connectivity index (χ0n) is 13.6. The fourth-order valence-electron chi connectivity index (χ4n) is 2.45. The quantitative estimate of drug-likeness (QED) is 0.760. The molecule has 1 rings (SSSR count). The standard InChI is InChI=1S/C17H27NO3/c1-5-6-9-18(3)15(12-17(19)20)11-14-7-8-16(21-4)10-13(14)2/h7-8,10,15H,5-6,9,11-12H2,1-4H3,(H,19,20). The van der Waals surface area contributed by atoms with E-state index < -0.39 is 5.97 Å². The van der Waals surface area contributed by atoms with Gasteiger partial charge in [0.2, 0.25) is 0 Å². The minimum Gasteiger partial charge on any atom is -0.497 e. The maximum atomic E-state index is 11.1. The number of carboxylic acids is 1. The normalized spacial score (nSPS) is 12.4. The number of aliphatic carboxylic acids is 1. The number of rotatable bonds is 9. The molecular formula is C17H27NO3. The SMILES string of the molecule is CCCCN(C)C(CC(=O)O)Cc1ccc(OC)cc1C. The summed E-state index contributed by atoms with van der Waals surface area (Å²) in [7, 11) is 3.67. The molecule has 0 radical (unpaired) electrons. The van der Waals surface area contributed by atoms with Crippen LogP contribution >= 0.6 is 0 Å². The molecule has 0 fully saturated rings. The molecular weight excluding hydrogens is 266 g/mol. The third kappa shape index (κ3) is 5.76. The number of methoxy groups -OCH3 is 1. The van der Waals surface area contributed by atoms with Gasteiger partial charge in [-0.05, 0) is 56.6 Å². The van der Waals surface area contributed by atoms with Crippen LogP contribution in [0, 0.1) is 6.92 Å². The molecule has 0 aliphatic carbocycles. The number of likely N-dealkylation sites (N-methyl/N-ethyl adjacent to an activating group) is 1. The Hall–Kier alpha value is -1.55. The molecule has 0 spiro atoms. The summed E-state index contributed by atoms with van der Waals surface area (Å²) < 4.78 is 5.22. The predicted molar refractivity (Wildman–Crippen MR) is 85.0 cm³/mol. The van der Waals surface area contributed by atoms with E-state index in [1.165, 1.54) is 5.56 Å². The van der Waals surface area contributed by atoms with E-state index in [9.17, 15) is 4.79 Å². The fraction of sp³-hybridized carbons (Fsp3) is 0.588. The Balaban J connectivity index is 2.82. The van der Waals surface area contributed by atoms with Crippen LogP contribution in [-0.2, 0) is 11.2 Å². The molecule has 0 saturated heterocycles. The van der Waals surface area contributed by atoms with Crippen molar-refractivity contribution in [1.29, 1.82) is 0 Å². The first kappa shape index (κ1) is 17.5. The summed E-state index contributed by atoms with van der Waals surface area (Å²) in [4.78, 5) is 13.3. The number of aryl methyl sites for hydroxylation is 1. The van der Waals surface area contributed by atoms with E-state index in [-0.39, 0.29) is 12.5 Å². The van der Waals surface area contributed by atoms with Gasteiger partial charge in [-0.3, -0.25) is 4.79 Å². The van der Waals surface area contributed by atoms with Crippen molar-refractivity contribution in [3.05, 3.63) is 29.3 Å². The fourth-order valence-corrected chi connectivity index (χ4v) is 2.45. The average Bonchev–Trinajstić information content (AvgIpc) is 2.45. The number of ether oxygens (including phenoxy) is 1. The molecule has 0 aliphatic heterocycles. The lowest BCUT2D eigenvalue weighted by molar-refractivity contribution is -0.138. The van der Waals surface area contributed by atoms with Crippen LogP contribution in [0.1, 0.15) is 37.3 Å². The van der Waals surface area contributed by atoms with Gasteiger partial charge in [-0.2, -0.15) is 0 Å². The molecule has 0 bridgehead atoms. The zero-order chi connectivity index (χ0) is 15.8. The minimum absolute atomic E-state index is 0.0288. The molecule has 0 saturated carbocycles. The first-order valence-electron chi connectivity index (χ1n) is 7.53. The largest absolute Gasteiger partial charge is 0.497 e. The molecule has 0 amide bonds. The molecule has 0 aromatic heterocycles. The molecule has 21 heavy (non-hydrogen) atoms. The van der Waals surface area contributed by atoms with Crippen LogP contribution in [0.5, 0.6) is 5.75 Å². The van der Waals surface area contributed by atoms with Crippen LogP contribution in [0.15, 0.2) is 18.2 Å². The van der Waals surface area contributed by atoms with Gasteiger partial charge in [-0.15, -0.1) is 0 Å². The van der Waals surface area contributed by atoms with Gasteiger partial charge in [-0.1, -0.05) is 19.4 Å².